The summed E-state index contributed by atoms with van der Waals surface area (Å²) in [5.74, 6) is 0. The van der Waals surface area contributed by atoms with Gasteiger partial charge in [-0.3, -0.25) is 0 Å². The Bertz CT molecular complexity index is 221. The van der Waals surface area contributed by atoms with E-state index in [0.717, 1.165) is 13.1 Å². The Morgan fingerprint density at radius 2 is 2.17 bits per heavy atom. The molecule has 3 heteroatoms. The number of hydrogen-bond acceptors (Lipinski definition) is 3. The van der Waals surface area contributed by atoms with E-state index in [-0.39, 0.29) is 0 Å². The second kappa shape index (κ2) is 4.58. The van der Waals surface area contributed by atoms with Crippen LogP contribution in [0.1, 0.15) is 0 Å². The van der Waals surface area contributed by atoms with Crippen molar-refractivity contribution in [3.63, 3.8) is 0 Å². The van der Waals surface area contributed by atoms with E-state index in [0.29, 0.717) is 18.9 Å². The molecule has 1 heterocycles. The standard InChI is InChI=1S/C9H12N2O/c1-2-3-9(8-10)11-4-6-12-7-5-11/h2-3H,1,4-7H2. The fourth-order valence-corrected chi connectivity index (χ4v) is 1.13. The van der Waals surface area contributed by atoms with Crippen molar-refractivity contribution in [3.05, 3.63) is 24.4 Å². The Balaban J connectivity index is 2.59. The van der Waals surface area contributed by atoms with Crippen molar-refractivity contribution in [2.24, 2.45) is 0 Å². The van der Waals surface area contributed by atoms with E-state index in [9.17, 15) is 0 Å². The summed E-state index contributed by atoms with van der Waals surface area (Å²) in [4.78, 5) is 2.01. The summed E-state index contributed by atoms with van der Waals surface area (Å²) in [6.45, 7) is 6.56. The lowest BCUT2D eigenvalue weighted by molar-refractivity contribution is 0.0558. The van der Waals surface area contributed by atoms with Crippen molar-refractivity contribution in [3.8, 4) is 6.07 Å². The monoisotopic (exact) mass is 164 g/mol. The second-order valence-electron chi connectivity index (χ2n) is 2.50. The third-order valence-corrected chi connectivity index (χ3v) is 1.74. The van der Waals surface area contributed by atoms with Gasteiger partial charge in [0, 0.05) is 13.1 Å². The maximum Gasteiger partial charge on any atom is 0.117 e. The quantitative estimate of drug-likeness (QED) is 0.449. The molecule has 3 nitrogen and oxygen atoms in total. The van der Waals surface area contributed by atoms with E-state index in [1.54, 1.807) is 12.2 Å². The molecule has 1 rings (SSSR count). The van der Waals surface area contributed by atoms with Gasteiger partial charge in [-0.2, -0.15) is 5.26 Å². The maximum atomic E-state index is 8.76. The van der Waals surface area contributed by atoms with Crippen LogP contribution in [-0.2, 0) is 4.74 Å². The van der Waals surface area contributed by atoms with Crippen LogP contribution >= 0.6 is 0 Å². The molecule has 0 unspecified atom stereocenters. The smallest absolute Gasteiger partial charge is 0.117 e. The SMILES string of the molecule is C=CC=C(C#N)N1CCOCC1. The average molecular weight is 164 g/mol. The van der Waals surface area contributed by atoms with E-state index in [1.165, 1.54) is 0 Å². The van der Waals surface area contributed by atoms with Crippen LogP contribution in [0.3, 0.4) is 0 Å². The van der Waals surface area contributed by atoms with Crippen molar-refractivity contribution in [2.75, 3.05) is 26.3 Å². The van der Waals surface area contributed by atoms with Gasteiger partial charge in [0.2, 0.25) is 0 Å². The zero-order valence-electron chi connectivity index (χ0n) is 6.99. The first-order chi connectivity index (χ1) is 5.88. The molecule has 0 spiro atoms. The van der Waals surface area contributed by atoms with Gasteiger partial charge in [0.05, 0.1) is 13.2 Å². The van der Waals surface area contributed by atoms with E-state index < -0.39 is 0 Å². The molecule has 12 heavy (non-hydrogen) atoms. The highest BCUT2D eigenvalue weighted by atomic mass is 16.5. The van der Waals surface area contributed by atoms with Crippen LogP contribution in [0.15, 0.2) is 24.4 Å². The van der Waals surface area contributed by atoms with Crippen molar-refractivity contribution >= 4 is 0 Å². The number of hydrogen-bond donors (Lipinski definition) is 0. The number of morpholine rings is 1. The minimum Gasteiger partial charge on any atom is -0.378 e. The summed E-state index contributed by atoms with van der Waals surface area (Å²) in [6.07, 6.45) is 3.36. The summed E-state index contributed by atoms with van der Waals surface area (Å²) < 4.78 is 5.17. The summed E-state index contributed by atoms with van der Waals surface area (Å²) in [5, 5.41) is 8.76. The first-order valence-corrected chi connectivity index (χ1v) is 3.94. The lowest BCUT2D eigenvalue weighted by Gasteiger charge is -2.27. The molecule has 0 amide bonds. The third kappa shape index (κ3) is 2.11. The normalized spacial score (nSPS) is 18.6. The van der Waals surface area contributed by atoms with Gasteiger partial charge in [0.1, 0.15) is 11.8 Å². The molecule has 0 radical (unpaired) electrons. The van der Waals surface area contributed by atoms with Gasteiger partial charge in [-0.1, -0.05) is 12.7 Å². The molecule has 0 atom stereocenters. The average Bonchev–Trinajstić information content (AvgIpc) is 2.15. The van der Waals surface area contributed by atoms with Crippen LogP contribution < -0.4 is 0 Å². The first kappa shape index (κ1) is 8.82. The van der Waals surface area contributed by atoms with Crippen LogP contribution in [-0.4, -0.2) is 31.2 Å². The summed E-state index contributed by atoms with van der Waals surface area (Å²) in [6, 6.07) is 2.13. The van der Waals surface area contributed by atoms with Crippen molar-refractivity contribution in [2.45, 2.75) is 0 Å². The summed E-state index contributed by atoms with van der Waals surface area (Å²) in [7, 11) is 0. The molecular weight excluding hydrogens is 152 g/mol. The molecular formula is C9H12N2O. The van der Waals surface area contributed by atoms with Gasteiger partial charge in [-0.15, -0.1) is 0 Å². The largest absolute Gasteiger partial charge is 0.378 e. The molecule has 64 valence electrons. The lowest BCUT2D eigenvalue weighted by Crippen LogP contribution is -2.35. The van der Waals surface area contributed by atoms with Gasteiger partial charge in [0.15, 0.2) is 0 Å². The highest BCUT2D eigenvalue weighted by Crippen LogP contribution is 2.06. The lowest BCUT2D eigenvalue weighted by atomic mass is 10.3. The Morgan fingerprint density at radius 3 is 2.67 bits per heavy atom. The van der Waals surface area contributed by atoms with Crippen molar-refractivity contribution in [1.82, 2.24) is 4.90 Å². The second-order valence-corrected chi connectivity index (χ2v) is 2.50. The molecule has 0 aromatic heterocycles. The van der Waals surface area contributed by atoms with E-state index in [1.807, 2.05) is 4.90 Å². The van der Waals surface area contributed by atoms with Gasteiger partial charge in [-0.25, -0.2) is 0 Å². The molecule has 0 aliphatic carbocycles. The molecule has 1 aliphatic rings. The molecule has 1 fully saturated rings. The highest BCUT2D eigenvalue weighted by molar-refractivity contribution is 5.23. The molecule has 0 bridgehead atoms. The number of allylic oxidation sites excluding steroid dienone is 3. The van der Waals surface area contributed by atoms with Gasteiger partial charge in [-0.05, 0) is 6.08 Å². The van der Waals surface area contributed by atoms with Crippen molar-refractivity contribution < 1.29 is 4.74 Å². The Labute approximate surface area is 72.5 Å². The number of nitrogens with zero attached hydrogens (tertiary/aromatic N) is 2. The third-order valence-electron chi connectivity index (χ3n) is 1.74. The zero-order valence-corrected chi connectivity index (χ0v) is 6.99. The summed E-state index contributed by atoms with van der Waals surface area (Å²) >= 11 is 0. The number of nitriles is 1. The minimum atomic E-state index is 0.674. The predicted molar refractivity (Wildman–Crippen MR) is 46.3 cm³/mol. The van der Waals surface area contributed by atoms with E-state index in [2.05, 4.69) is 12.6 Å². The molecule has 0 saturated carbocycles. The van der Waals surface area contributed by atoms with Crippen LogP contribution in [0, 0.1) is 11.3 Å². The van der Waals surface area contributed by atoms with Crippen molar-refractivity contribution in [1.29, 1.82) is 5.26 Å². The molecule has 0 aromatic carbocycles. The topological polar surface area (TPSA) is 36.3 Å². The van der Waals surface area contributed by atoms with E-state index >= 15 is 0 Å². The fourth-order valence-electron chi connectivity index (χ4n) is 1.13. The molecule has 1 saturated heterocycles. The Kier molecular flexibility index (Phi) is 3.36. The molecule has 1 aliphatic heterocycles. The molecule has 0 N–H and O–H groups in total. The number of ether oxygens (including phenoxy) is 1. The first-order valence-electron chi connectivity index (χ1n) is 3.94. The fraction of sp³-hybridized carbons (Fsp3) is 0.444. The summed E-state index contributed by atoms with van der Waals surface area (Å²) in [5.41, 5.74) is 0.674. The van der Waals surface area contributed by atoms with Gasteiger partial charge >= 0.3 is 0 Å². The Morgan fingerprint density at radius 1 is 1.50 bits per heavy atom. The van der Waals surface area contributed by atoms with Crippen LogP contribution in [0.25, 0.3) is 0 Å². The van der Waals surface area contributed by atoms with E-state index in [4.69, 9.17) is 10.00 Å². The highest BCUT2D eigenvalue weighted by Gasteiger charge is 2.11. The number of rotatable bonds is 2. The predicted octanol–water partition coefficient (Wildman–Crippen LogP) is 0.912. The minimum absolute atomic E-state index is 0.674. The van der Waals surface area contributed by atoms with Gasteiger partial charge in [0.25, 0.3) is 0 Å². The van der Waals surface area contributed by atoms with Crippen LogP contribution in [0.4, 0.5) is 0 Å². The Hall–Kier alpha value is -1.27. The van der Waals surface area contributed by atoms with Gasteiger partial charge < -0.3 is 9.64 Å². The van der Waals surface area contributed by atoms with Crippen LogP contribution in [0.2, 0.25) is 0 Å². The zero-order chi connectivity index (χ0) is 8.81. The van der Waals surface area contributed by atoms with Crippen LogP contribution in [0.5, 0.6) is 0 Å². The maximum absolute atomic E-state index is 8.76. The molecule has 0 aromatic rings.